The minimum absolute atomic E-state index is 0.0879. The Kier molecular flexibility index (Phi) is 4.59. The van der Waals surface area contributed by atoms with Gasteiger partial charge in [0.2, 0.25) is 5.91 Å². The minimum Gasteiger partial charge on any atom is -0.326 e. The summed E-state index contributed by atoms with van der Waals surface area (Å²) in [5.74, 6) is -0.154. The summed E-state index contributed by atoms with van der Waals surface area (Å²) < 4.78 is 0. The number of carbonyl (C=O) groups excluding carboxylic acids is 1. The van der Waals surface area contributed by atoms with Crippen molar-refractivity contribution in [2.45, 2.75) is 23.6 Å². The first-order chi connectivity index (χ1) is 9.95. The van der Waals surface area contributed by atoms with Gasteiger partial charge in [0.1, 0.15) is 0 Å². The fourth-order valence-electron chi connectivity index (χ4n) is 1.82. The third-order valence-corrected chi connectivity index (χ3v) is 3.75. The van der Waals surface area contributed by atoms with Gasteiger partial charge in [-0.15, -0.1) is 0 Å². The first kappa shape index (κ1) is 15.1. The number of hydrogen-bond acceptors (Lipinski definition) is 4. The predicted molar refractivity (Wildman–Crippen MR) is 82.7 cm³/mol. The van der Waals surface area contributed by atoms with E-state index in [-0.39, 0.29) is 16.5 Å². The van der Waals surface area contributed by atoms with Gasteiger partial charge in [0.15, 0.2) is 0 Å². The van der Waals surface area contributed by atoms with E-state index in [0.29, 0.717) is 10.6 Å². The zero-order chi connectivity index (χ0) is 15.4. The van der Waals surface area contributed by atoms with Crippen LogP contribution < -0.4 is 5.32 Å². The highest BCUT2D eigenvalue weighted by Crippen LogP contribution is 2.36. The van der Waals surface area contributed by atoms with Gasteiger partial charge in [-0.2, -0.15) is 0 Å². The zero-order valence-electron chi connectivity index (χ0n) is 11.6. The number of benzene rings is 2. The Morgan fingerprint density at radius 3 is 2.67 bits per heavy atom. The number of amides is 1. The Labute approximate surface area is 126 Å². The summed E-state index contributed by atoms with van der Waals surface area (Å²) in [5.41, 5.74) is 1.60. The lowest BCUT2D eigenvalue weighted by Gasteiger charge is -2.06. The van der Waals surface area contributed by atoms with Gasteiger partial charge in [-0.3, -0.25) is 14.9 Å². The van der Waals surface area contributed by atoms with Crippen molar-refractivity contribution in [1.29, 1.82) is 0 Å². The number of nitro groups is 1. The van der Waals surface area contributed by atoms with E-state index in [1.165, 1.54) is 18.7 Å². The summed E-state index contributed by atoms with van der Waals surface area (Å²) in [5, 5.41) is 13.8. The van der Waals surface area contributed by atoms with Crippen LogP contribution in [-0.2, 0) is 4.79 Å². The molecule has 0 aliphatic heterocycles. The number of nitrogens with one attached hydrogen (secondary N) is 1. The van der Waals surface area contributed by atoms with Crippen LogP contribution in [0.3, 0.4) is 0 Å². The van der Waals surface area contributed by atoms with E-state index in [2.05, 4.69) is 5.32 Å². The largest absolute Gasteiger partial charge is 0.326 e. The highest BCUT2D eigenvalue weighted by molar-refractivity contribution is 7.99. The molecular weight excluding hydrogens is 288 g/mol. The summed E-state index contributed by atoms with van der Waals surface area (Å²) in [4.78, 5) is 23.2. The molecule has 0 aromatic heterocycles. The van der Waals surface area contributed by atoms with E-state index in [4.69, 9.17) is 0 Å². The number of nitrogens with zero attached hydrogens (tertiary/aromatic N) is 1. The minimum atomic E-state index is -0.382. The molecule has 0 atom stereocenters. The molecule has 21 heavy (non-hydrogen) atoms. The van der Waals surface area contributed by atoms with E-state index in [1.54, 1.807) is 30.3 Å². The first-order valence-electron chi connectivity index (χ1n) is 6.26. The molecule has 0 aliphatic rings. The molecule has 0 spiro atoms. The van der Waals surface area contributed by atoms with Crippen LogP contribution in [0, 0.1) is 17.0 Å². The Bertz CT molecular complexity index is 701. The third kappa shape index (κ3) is 4.06. The van der Waals surface area contributed by atoms with Crippen LogP contribution >= 0.6 is 11.8 Å². The van der Waals surface area contributed by atoms with E-state index in [0.717, 1.165) is 10.5 Å². The SMILES string of the molecule is CC(=O)Nc1cccc(Sc2ccc(C)cc2[N+](=O)[O-])c1. The van der Waals surface area contributed by atoms with Crippen LogP contribution in [-0.4, -0.2) is 10.8 Å². The van der Waals surface area contributed by atoms with Crippen molar-refractivity contribution in [3.63, 3.8) is 0 Å². The van der Waals surface area contributed by atoms with Crippen molar-refractivity contribution in [3.8, 4) is 0 Å². The molecule has 0 unspecified atom stereocenters. The number of anilines is 1. The zero-order valence-corrected chi connectivity index (χ0v) is 12.4. The molecule has 1 N–H and O–H groups in total. The van der Waals surface area contributed by atoms with Crippen LogP contribution in [0.1, 0.15) is 12.5 Å². The summed E-state index contributed by atoms with van der Waals surface area (Å²) >= 11 is 1.30. The summed E-state index contributed by atoms with van der Waals surface area (Å²) in [6.45, 7) is 3.25. The number of rotatable bonds is 4. The van der Waals surface area contributed by atoms with Crippen molar-refractivity contribution in [1.82, 2.24) is 0 Å². The number of hydrogen-bond donors (Lipinski definition) is 1. The van der Waals surface area contributed by atoms with E-state index >= 15 is 0 Å². The molecule has 108 valence electrons. The van der Waals surface area contributed by atoms with Crippen molar-refractivity contribution in [2.24, 2.45) is 0 Å². The summed E-state index contributed by atoms with van der Waals surface area (Å²) in [6, 6.07) is 12.3. The summed E-state index contributed by atoms with van der Waals surface area (Å²) in [7, 11) is 0. The Morgan fingerprint density at radius 2 is 2.00 bits per heavy atom. The second-order valence-electron chi connectivity index (χ2n) is 4.54. The predicted octanol–water partition coefficient (Wildman–Crippen LogP) is 4.01. The average Bonchev–Trinajstić information content (AvgIpc) is 2.40. The molecule has 2 aromatic rings. The lowest BCUT2D eigenvalue weighted by Crippen LogP contribution is -2.05. The van der Waals surface area contributed by atoms with Crippen molar-refractivity contribution in [3.05, 3.63) is 58.1 Å². The normalized spacial score (nSPS) is 10.2. The molecule has 0 heterocycles. The fraction of sp³-hybridized carbons (Fsp3) is 0.133. The monoisotopic (exact) mass is 302 g/mol. The maximum atomic E-state index is 11.1. The highest BCUT2D eigenvalue weighted by Gasteiger charge is 2.15. The standard InChI is InChI=1S/C15H14N2O3S/c1-10-6-7-15(14(8-10)17(19)20)21-13-5-3-4-12(9-13)16-11(2)18/h3-9H,1-2H3,(H,16,18). The first-order valence-corrected chi connectivity index (χ1v) is 7.08. The second kappa shape index (κ2) is 6.41. The Hall–Kier alpha value is -2.34. The third-order valence-electron chi connectivity index (χ3n) is 2.69. The van der Waals surface area contributed by atoms with Crippen LogP contribution in [0.25, 0.3) is 0 Å². The molecule has 5 nitrogen and oxygen atoms in total. The van der Waals surface area contributed by atoms with Gasteiger partial charge >= 0.3 is 0 Å². The molecule has 1 amide bonds. The van der Waals surface area contributed by atoms with Crippen molar-refractivity contribution >= 4 is 29.0 Å². The van der Waals surface area contributed by atoms with Gasteiger partial charge in [-0.25, -0.2) is 0 Å². The molecule has 0 bridgehead atoms. The molecule has 0 fully saturated rings. The Morgan fingerprint density at radius 1 is 1.24 bits per heavy atom. The van der Waals surface area contributed by atoms with Gasteiger partial charge in [0, 0.05) is 23.6 Å². The Balaban J connectivity index is 2.30. The molecule has 0 aliphatic carbocycles. The van der Waals surface area contributed by atoms with E-state index in [1.807, 2.05) is 19.1 Å². The molecule has 6 heteroatoms. The average molecular weight is 302 g/mol. The molecule has 0 saturated heterocycles. The number of carbonyl (C=O) groups is 1. The van der Waals surface area contributed by atoms with Gasteiger partial charge < -0.3 is 5.32 Å². The molecular formula is C15H14N2O3S. The molecule has 2 rings (SSSR count). The van der Waals surface area contributed by atoms with Gasteiger partial charge in [-0.1, -0.05) is 23.9 Å². The van der Waals surface area contributed by atoms with Crippen molar-refractivity contribution in [2.75, 3.05) is 5.32 Å². The number of aryl methyl sites for hydroxylation is 1. The molecule has 0 saturated carbocycles. The number of nitro benzene ring substituents is 1. The highest BCUT2D eigenvalue weighted by atomic mass is 32.2. The van der Waals surface area contributed by atoms with Gasteiger partial charge in [0.05, 0.1) is 9.82 Å². The van der Waals surface area contributed by atoms with Crippen LogP contribution in [0.15, 0.2) is 52.3 Å². The smallest absolute Gasteiger partial charge is 0.283 e. The van der Waals surface area contributed by atoms with Gasteiger partial charge in [-0.05, 0) is 36.8 Å². The maximum absolute atomic E-state index is 11.1. The van der Waals surface area contributed by atoms with E-state index in [9.17, 15) is 14.9 Å². The second-order valence-corrected chi connectivity index (χ2v) is 5.65. The maximum Gasteiger partial charge on any atom is 0.283 e. The molecule has 0 radical (unpaired) electrons. The molecule has 2 aromatic carbocycles. The van der Waals surface area contributed by atoms with E-state index < -0.39 is 0 Å². The lowest BCUT2D eigenvalue weighted by atomic mass is 10.2. The quantitative estimate of drug-likeness (QED) is 0.684. The lowest BCUT2D eigenvalue weighted by molar-refractivity contribution is -0.387. The summed E-state index contributed by atoms with van der Waals surface area (Å²) in [6.07, 6.45) is 0. The van der Waals surface area contributed by atoms with Crippen molar-refractivity contribution < 1.29 is 9.72 Å². The van der Waals surface area contributed by atoms with Crippen LogP contribution in [0.4, 0.5) is 11.4 Å². The van der Waals surface area contributed by atoms with Crippen LogP contribution in [0.2, 0.25) is 0 Å². The topological polar surface area (TPSA) is 72.2 Å². The van der Waals surface area contributed by atoms with Gasteiger partial charge in [0.25, 0.3) is 5.69 Å². The van der Waals surface area contributed by atoms with Crippen LogP contribution in [0.5, 0.6) is 0 Å². The fourth-order valence-corrected chi connectivity index (χ4v) is 2.78.